The topological polar surface area (TPSA) is 77.7 Å². The maximum Gasteiger partial charge on any atom is 0.222 e. The number of piperidine rings is 1. The third-order valence-corrected chi connectivity index (χ3v) is 5.45. The average molecular weight is 327 g/mol. The minimum Gasteiger partial charge on any atom is -0.342 e. The summed E-state index contributed by atoms with van der Waals surface area (Å²) in [7, 11) is 0. The van der Waals surface area contributed by atoms with Crippen molar-refractivity contribution in [2.45, 2.75) is 57.3 Å². The molecular weight excluding hydrogens is 302 g/mol. The average Bonchev–Trinajstić information content (AvgIpc) is 3.30. The van der Waals surface area contributed by atoms with Gasteiger partial charge in [0.2, 0.25) is 5.91 Å². The number of rotatable bonds is 4. The van der Waals surface area contributed by atoms with Crippen LogP contribution in [0.15, 0.2) is 12.3 Å². The van der Waals surface area contributed by atoms with Gasteiger partial charge in [0.15, 0.2) is 0 Å². The van der Waals surface area contributed by atoms with Crippen molar-refractivity contribution in [3.8, 4) is 0 Å². The van der Waals surface area contributed by atoms with Gasteiger partial charge >= 0.3 is 0 Å². The summed E-state index contributed by atoms with van der Waals surface area (Å²) in [5.74, 6) is 0.648. The molecule has 0 aromatic carbocycles. The molecule has 4 rings (SSSR count). The zero-order valence-corrected chi connectivity index (χ0v) is 14.1. The van der Waals surface area contributed by atoms with E-state index in [1.807, 2.05) is 11.0 Å². The molecule has 2 aromatic heterocycles. The Hall–Kier alpha value is -2.11. The van der Waals surface area contributed by atoms with Gasteiger partial charge < -0.3 is 4.90 Å². The van der Waals surface area contributed by atoms with Gasteiger partial charge in [-0.3, -0.25) is 15.0 Å². The molecule has 2 aromatic rings. The van der Waals surface area contributed by atoms with E-state index in [1.165, 1.54) is 24.1 Å². The molecule has 1 atom stereocenters. The predicted molar refractivity (Wildman–Crippen MR) is 90.7 cm³/mol. The second kappa shape index (κ2) is 6.79. The zero-order valence-electron chi connectivity index (χ0n) is 14.1. The third kappa shape index (κ3) is 3.09. The number of nitrogens with one attached hydrogen (secondary N) is 2. The second-order valence-corrected chi connectivity index (χ2v) is 7.03. The van der Waals surface area contributed by atoms with E-state index < -0.39 is 0 Å². The van der Waals surface area contributed by atoms with Crippen molar-refractivity contribution in [3.05, 3.63) is 34.9 Å². The monoisotopic (exact) mass is 327 g/mol. The Balaban J connectivity index is 1.35. The molecule has 1 unspecified atom stereocenters. The number of likely N-dealkylation sites (tertiary alicyclic amines) is 1. The lowest BCUT2D eigenvalue weighted by atomic mass is 9.93. The van der Waals surface area contributed by atoms with Gasteiger partial charge in [0.25, 0.3) is 0 Å². The summed E-state index contributed by atoms with van der Waals surface area (Å²) >= 11 is 0. The quantitative estimate of drug-likeness (QED) is 0.905. The number of hydrogen-bond donors (Lipinski definition) is 2. The number of amides is 1. The number of fused-ring (bicyclic) bond motifs is 1. The highest BCUT2D eigenvalue weighted by atomic mass is 16.2. The molecule has 0 radical (unpaired) electrons. The molecule has 1 fully saturated rings. The Labute approximate surface area is 142 Å². The molecule has 2 aliphatic rings. The van der Waals surface area contributed by atoms with Crippen LogP contribution in [0.3, 0.4) is 0 Å². The maximum absolute atomic E-state index is 12.6. The van der Waals surface area contributed by atoms with E-state index in [4.69, 9.17) is 0 Å². The number of hydrogen-bond acceptors (Lipinski definition) is 3. The van der Waals surface area contributed by atoms with E-state index in [9.17, 15) is 4.79 Å². The van der Waals surface area contributed by atoms with Gasteiger partial charge in [-0.05, 0) is 50.2 Å². The zero-order chi connectivity index (χ0) is 16.4. The van der Waals surface area contributed by atoms with Gasteiger partial charge in [-0.2, -0.15) is 10.2 Å². The molecule has 0 spiro atoms. The predicted octanol–water partition coefficient (Wildman–Crippen LogP) is 2.35. The van der Waals surface area contributed by atoms with Gasteiger partial charge in [0.1, 0.15) is 0 Å². The van der Waals surface area contributed by atoms with Crippen LogP contribution in [-0.2, 0) is 24.1 Å². The minimum absolute atomic E-state index is 0.256. The summed E-state index contributed by atoms with van der Waals surface area (Å²) in [5, 5.41) is 14.7. The maximum atomic E-state index is 12.6. The summed E-state index contributed by atoms with van der Waals surface area (Å²) in [4.78, 5) is 14.7. The Morgan fingerprint density at radius 3 is 3.04 bits per heavy atom. The lowest BCUT2D eigenvalue weighted by Crippen LogP contribution is -2.39. The fourth-order valence-corrected chi connectivity index (χ4v) is 4.09. The smallest absolute Gasteiger partial charge is 0.222 e. The Bertz CT molecular complexity index is 690. The fraction of sp³-hybridized carbons (Fsp3) is 0.611. The number of aryl methyl sites for hydroxylation is 2. The van der Waals surface area contributed by atoms with E-state index >= 15 is 0 Å². The highest BCUT2D eigenvalue weighted by Gasteiger charge is 2.26. The molecular formula is C18H25N5O. The van der Waals surface area contributed by atoms with Crippen molar-refractivity contribution in [2.24, 2.45) is 0 Å². The Morgan fingerprint density at radius 2 is 2.17 bits per heavy atom. The summed E-state index contributed by atoms with van der Waals surface area (Å²) in [5.41, 5.74) is 4.93. The Kier molecular flexibility index (Phi) is 4.36. The number of aromatic amines is 2. The normalized spacial score (nSPS) is 20.8. The molecule has 1 aliphatic heterocycles. The fourth-order valence-electron chi connectivity index (χ4n) is 4.09. The van der Waals surface area contributed by atoms with Crippen molar-refractivity contribution >= 4 is 5.91 Å². The molecule has 0 saturated carbocycles. The van der Waals surface area contributed by atoms with Crippen LogP contribution in [0.25, 0.3) is 0 Å². The molecule has 2 N–H and O–H groups in total. The summed E-state index contributed by atoms with van der Waals surface area (Å²) in [6.07, 6.45) is 10.0. The summed E-state index contributed by atoms with van der Waals surface area (Å²) in [6.45, 7) is 1.68. The van der Waals surface area contributed by atoms with Gasteiger partial charge in [0.05, 0.1) is 5.69 Å². The van der Waals surface area contributed by atoms with Gasteiger partial charge in [0, 0.05) is 49.4 Å². The van der Waals surface area contributed by atoms with Crippen LogP contribution in [0.1, 0.15) is 60.7 Å². The Morgan fingerprint density at radius 1 is 1.25 bits per heavy atom. The summed E-state index contributed by atoms with van der Waals surface area (Å²) in [6, 6.07) is 2.02. The number of H-pyrrole nitrogens is 2. The van der Waals surface area contributed by atoms with Crippen molar-refractivity contribution < 1.29 is 4.79 Å². The molecule has 128 valence electrons. The highest BCUT2D eigenvalue weighted by Crippen LogP contribution is 2.26. The van der Waals surface area contributed by atoms with E-state index in [2.05, 4.69) is 20.4 Å². The molecule has 0 bridgehead atoms. The van der Waals surface area contributed by atoms with Crippen molar-refractivity contribution in [2.75, 3.05) is 13.1 Å². The van der Waals surface area contributed by atoms with Gasteiger partial charge in [-0.1, -0.05) is 0 Å². The van der Waals surface area contributed by atoms with Crippen molar-refractivity contribution in [1.29, 1.82) is 0 Å². The first-order valence-electron chi connectivity index (χ1n) is 9.13. The van der Waals surface area contributed by atoms with E-state index in [0.717, 1.165) is 56.6 Å². The van der Waals surface area contributed by atoms with Gasteiger partial charge in [-0.25, -0.2) is 0 Å². The van der Waals surface area contributed by atoms with Crippen molar-refractivity contribution in [3.63, 3.8) is 0 Å². The first kappa shape index (κ1) is 15.4. The van der Waals surface area contributed by atoms with Crippen LogP contribution in [0.4, 0.5) is 0 Å². The van der Waals surface area contributed by atoms with Crippen LogP contribution in [0.2, 0.25) is 0 Å². The van der Waals surface area contributed by atoms with Crippen LogP contribution in [0, 0.1) is 0 Å². The molecule has 1 amide bonds. The molecule has 1 aliphatic carbocycles. The third-order valence-electron chi connectivity index (χ3n) is 5.45. The molecule has 1 saturated heterocycles. The van der Waals surface area contributed by atoms with Crippen molar-refractivity contribution in [1.82, 2.24) is 25.3 Å². The lowest BCUT2D eigenvalue weighted by molar-refractivity contribution is -0.132. The first-order valence-corrected chi connectivity index (χ1v) is 9.13. The van der Waals surface area contributed by atoms with Crippen LogP contribution >= 0.6 is 0 Å². The molecule has 3 heterocycles. The molecule has 6 heteroatoms. The van der Waals surface area contributed by atoms with Crippen LogP contribution in [-0.4, -0.2) is 44.3 Å². The first-order chi connectivity index (χ1) is 11.8. The number of aromatic nitrogens is 4. The van der Waals surface area contributed by atoms with E-state index in [-0.39, 0.29) is 5.91 Å². The van der Waals surface area contributed by atoms with E-state index in [1.54, 1.807) is 6.20 Å². The largest absolute Gasteiger partial charge is 0.342 e. The molecule has 24 heavy (non-hydrogen) atoms. The number of carbonyl (C=O) groups excluding carboxylic acids is 1. The standard InChI is InChI=1S/C18H25N5O/c24-18(8-7-17-14-5-1-2-6-16(14)21-22-17)23-11-3-4-13(12-23)15-9-10-19-20-15/h9-10,13H,1-8,11-12H2,(H,19,20)(H,21,22). The van der Waals surface area contributed by atoms with E-state index in [0.29, 0.717) is 12.3 Å². The SMILES string of the molecule is O=C(CCc1n[nH]c2c1CCCC2)N1CCCC(c2ccn[nH]2)C1. The minimum atomic E-state index is 0.256. The van der Waals surface area contributed by atoms with Gasteiger partial charge in [-0.15, -0.1) is 0 Å². The lowest BCUT2D eigenvalue weighted by Gasteiger charge is -2.32. The highest BCUT2D eigenvalue weighted by molar-refractivity contribution is 5.76. The number of nitrogens with zero attached hydrogens (tertiary/aromatic N) is 3. The summed E-state index contributed by atoms with van der Waals surface area (Å²) < 4.78 is 0. The second-order valence-electron chi connectivity index (χ2n) is 7.03. The van der Waals surface area contributed by atoms with Crippen LogP contribution in [0.5, 0.6) is 0 Å². The molecule has 6 nitrogen and oxygen atoms in total. The van der Waals surface area contributed by atoms with Crippen LogP contribution < -0.4 is 0 Å². The number of carbonyl (C=O) groups is 1.